The van der Waals surface area contributed by atoms with Gasteiger partial charge < -0.3 is 4.90 Å². The molecule has 0 spiro atoms. The zero-order valence-electron chi connectivity index (χ0n) is 15.4. The van der Waals surface area contributed by atoms with Crippen LogP contribution in [-0.2, 0) is 6.42 Å². The summed E-state index contributed by atoms with van der Waals surface area (Å²) in [5.41, 5.74) is 5.71. The minimum atomic E-state index is 0.754. The molecule has 0 saturated carbocycles. The van der Waals surface area contributed by atoms with Crippen molar-refractivity contribution in [2.75, 3.05) is 11.4 Å². The smallest absolute Gasteiger partial charge is 0.0597 e. The molecule has 0 unspecified atom stereocenters. The third kappa shape index (κ3) is 4.21. The molecular weight excluding hydrogens is 366 g/mol. The number of rotatable bonds is 6. The van der Waals surface area contributed by atoms with Crippen molar-refractivity contribution < 1.29 is 0 Å². The number of halogens is 1. The van der Waals surface area contributed by atoms with Crippen molar-refractivity contribution in [3.8, 4) is 11.1 Å². The molecule has 2 aromatic carbocycles. The molecule has 28 heavy (non-hydrogen) atoms. The summed E-state index contributed by atoms with van der Waals surface area (Å²) in [6.45, 7) is 0.789. The third-order valence-electron chi connectivity index (χ3n) is 4.67. The summed E-state index contributed by atoms with van der Waals surface area (Å²) in [7, 11) is 0. The van der Waals surface area contributed by atoms with Crippen molar-refractivity contribution >= 4 is 23.0 Å². The standard InChI is InChI=1S/C24H20ClN3/c25-21-10-11-24(19-6-2-1-3-7-19)20(16-21)12-15-28(22-8-4-13-26-17-22)23-9-5-14-27-18-23/h1-11,13-14,16-18H,12,15H2. The molecule has 2 heterocycles. The van der Waals surface area contributed by atoms with Crippen LogP contribution in [0.5, 0.6) is 0 Å². The van der Waals surface area contributed by atoms with E-state index in [4.69, 9.17) is 11.6 Å². The van der Waals surface area contributed by atoms with Crippen molar-refractivity contribution in [2.45, 2.75) is 6.42 Å². The number of benzene rings is 2. The fourth-order valence-corrected chi connectivity index (χ4v) is 3.53. The maximum atomic E-state index is 6.32. The molecule has 2 aromatic heterocycles. The molecule has 4 aromatic rings. The monoisotopic (exact) mass is 385 g/mol. The molecule has 0 bridgehead atoms. The first-order valence-electron chi connectivity index (χ1n) is 9.23. The second kappa shape index (κ2) is 8.68. The Balaban J connectivity index is 1.66. The van der Waals surface area contributed by atoms with Crippen LogP contribution in [0.3, 0.4) is 0 Å². The Kier molecular flexibility index (Phi) is 5.64. The van der Waals surface area contributed by atoms with Gasteiger partial charge in [0.2, 0.25) is 0 Å². The van der Waals surface area contributed by atoms with Crippen LogP contribution in [0.15, 0.2) is 97.6 Å². The van der Waals surface area contributed by atoms with E-state index in [9.17, 15) is 0 Å². The molecular formula is C24H20ClN3. The highest BCUT2D eigenvalue weighted by Crippen LogP contribution is 2.29. The lowest BCUT2D eigenvalue weighted by Gasteiger charge is -2.25. The predicted molar refractivity (Wildman–Crippen MR) is 116 cm³/mol. The zero-order chi connectivity index (χ0) is 19.2. The fraction of sp³-hybridized carbons (Fsp3) is 0.0833. The lowest BCUT2D eigenvalue weighted by atomic mass is 9.97. The van der Waals surface area contributed by atoms with Crippen LogP contribution in [0.1, 0.15) is 5.56 Å². The van der Waals surface area contributed by atoms with Crippen LogP contribution >= 0.6 is 11.6 Å². The molecule has 0 aliphatic rings. The van der Waals surface area contributed by atoms with E-state index in [1.807, 2.05) is 36.7 Å². The Labute approximate surface area is 170 Å². The summed E-state index contributed by atoms with van der Waals surface area (Å²) in [6, 6.07) is 24.6. The van der Waals surface area contributed by atoms with Crippen LogP contribution in [-0.4, -0.2) is 16.5 Å². The highest BCUT2D eigenvalue weighted by atomic mass is 35.5. The molecule has 3 nitrogen and oxygen atoms in total. The summed E-state index contributed by atoms with van der Waals surface area (Å²) in [4.78, 5) is 10.8. The molecule has 0 radical (unpaired) electrons. The number of pyridine rings is 2. The van der Waals surface area contributed by atoms with Crippen LogP contribution in [0.2, 0.25) is 5.02 Å². The maximum Gasteiger partial charge on any atom is 0.0597 e. The Morgan fingerprint density at radius 3 is 2.04 bits per heavy atom. The van der Waals surface area contributed by atoms with Crippen LogP contribution in [0.25, 0.3) is 11.1 Å². The molecule has 138 valence electrons. The highest BCUT2D eigenvalue weighted by molar-refractivity contribution is 6.30. The van der Waals surface area contributed by atoms with E-state index >= 15 is 0 Å². The topological polar surface area (TPSA) is 29.0 Å². The first-order chi connectivity index (χ1) is 13.8. The van der Waals surface area contributed by atoms with E-state index in [0.29, 0.717) is 0 Å². The van der Waals surface area contributed by atoms with Crippen LogP contribution < -0.4 is 4.90 Å². The molecule has 0 saturated heterocycles. The minimum absolute atomic E-state index is 0.754. The summed E-state index contributed by atoms with van der Waals surface area (Å²) in [5.74, 6) is 0. The van der Waals surface area contributed by atoms with Gasteiger partial charge in [-0.1, -0.05) is 48.0 Å². The van der Waals surface area contributed by atoms with Gasteiger partial charge in [-0.15, -0.1) is 0 Å². The van der Waals surface area contributed by atoms with Crippen molar-refractivity contribution in [1.29, 1.82) is 0 Å². The number of aromatic nitrogens is 2. The van der Waals surface area contributed by atoms with Gasteiger partial charge in [-0.25, -0.2) is 0 Å². The normalized spacial score (nSPS) is 10.6. The van der Waals surface area contributed by atoms with Crippen LogP contribution in [0, 0.1) is 0 Å². The van der Waals surface area contributed by atoms with Crippen molar-refractivity contribution in [3.05, 3.63) is 108 Å². The van der Waals surface area contributed by atoms with E-state index in [0.717, 1.165) is 29.4 Å². The van der Waals surface area contributed by atoms with Gasteiger partial charge in [0.15, 0.2) is 0 Å². The number of nitrogens with zero attached hydrogens (tertiary/aromatic N) is 3. The van der Waals surface area contributed by atoms with Crippen molar-refractivity contribution in [3.63, 3.8) is 0 Å². The molecule has 0 amide bonds. The Morgan fingerprint density at radius 1 is 0.750 bits per heavy atom. The van der Waals surface area contributed by atoms with E-state index in [2.05, 4.69) is 63.4 Å². The van der Waals surface area contributed by atoms with Gasteiger partial charge in [-0.2, -0.15) is 0 Å². The molecule has 4 heteroatoms. The molecule has 0 atom stereocenters. The number of hydrogen-bond donors (Lipinski definition) is 0. The van der Waals surface area contributed by atoms with E-state index < -0.39 is 0 Å². The lowest BCUT2D eigenvalue weighted by Crippen LogP contribution is -2.20. The molecule has 0 aliphatic carbocycles. The second-order valence-electron chi connectivity index (χ2n) is 6.49. The average Bonchev–Trinajstić information content (AvgIpc) is 2.76. The summed E-state index contributed by atoms with van der Waals surface area (Å²) in [6.07, 6.45) is 8.17. The maximum absolute atomic E-state index is 6.32. The van der Waals surface area contributed by atoms with E-state index in [-0.39, 0.29) is 0 Å². The minimum Gasteiger partial charge on any atom is -0.339 e. The quantitative estimate of drug-likeness (QED) is 0.397. The Hall–Kier alpha value is -3.17. The van der Waals surface area contributed by atoms with Gasteiger partial charge in [0.05, 0.1) is 23.8 Å². The Bertz CT molecular complexity index is 982. The molecule has 4 rings (SSSR count). The summed E-state index contributed by atoms with van der Waals surface area (Å²) < 4.78 is 0. The van der Waals surface area contributed by atoms with Gasteiger partial charge in [-0.05, 0) is 59.5 Å². The van der Waals surface area contributed by atoms with Crippen LogP contribution in [0.4, 0.5) is 11.4 Å². The largest absolute Gasteiger partial charge is 0.339 e. The number of anilines is 2. The highest BCUT2D eigenvalue weighted by Gasteiger charge is 2.12. The number of hydrogen-bond acceptors (Lipinski definition) is 3. The van der Waals surface area contributed by atoms with Gasteiger partial charge in [0.1, 0.15) is 0 Å². The zero-order valence-corrected chi connectivity index (χ0v) is 16.1. The predicted octanol–water partition coefficient (Wildman–Crippen LogP) is 6.18. The van der Waals surface area contributed by atoms with Gasteiger partial charge in [0.25, 0.3) is 0 Å². The van der Waals surface area contributed by atoms with Crippen molar-refractivity contribution in [2.24, 2.45) is 0 Å². The van der Waals surface area contributed by atoms with Gasteiger partial charge in [0, 0.05) is 24.0 Å². The first kappa shape index (κ1) is 18.2. The third-order valence-corrected chi connectivity index (χ3v) is 4.91. The first-order valence-corrected chi connectivity index (χ1v) is 9.60. The molecule has 0 N–H and O–H groups in total. The molecule has 0 fully saturated rings. The lowest BCUT2D eigenvalue weighted by molar-refractivity contribution is 0.908. The summed E-state index contributed by atoms with van der Waals surface area (Å²) >= 11 is 6.32. The van der Waals surface area contributed by atoms with Gasteiger partial charge in [-0.3, -0.25) is 9.97 Å². The van der Waals surface area contributed by atoms with E-state index in [1.165, 1.54) is 16.7 Å². The summed E-state index contributed by atoms with van der Waals surface area (Å²) in [5, 5.41) is 0.754. The van der Waals surface area contributed by atoms with E-state index in [1.54, 1.807) is 12.4 Å². The average molecular weight is 386 g/mol. The van der Waals surface area contributed by atoms with Gasteiger partial charge >= 0.3 is 0 Å². The second-order valence-corrected chi connectivity index (χ2v) is 6.93. The molecule has 0 aliphatic heterocycles. The van der Waals surface area contributed by atoms with Crippen molar-refractivity contribution in [1.82, 2.24) is 9.97 Å². The SMILES string of the molecule is Clc1ccc(-c2ccccc2)c(CCN(c2cccnc2)c2cccnc2)c1. The fourth-order valence-electron chi connectivity index (χ4n) is 3.33. The Morgan fingerprint density at radius 2 is 1.43 bits per heavy atom.